The predicted octanol–water partition coefficient (Wildman–Crippen LogP) is 2.19. The molecule has 0 saturated heterocycles. The summed E-state index contributed by atoms with van der Waals surface area (Å²) < 4.78 is 36.9. The Balaban J connectivity index is 0.000000638. The van der Waals surface area contributed by atoms with Crippen LogP contribution in [0.2, 0.25) is 0 Å². The van der Waals surface area contributed by atoms with E-state index in [1.165, 1.54) is 0 Å². The molecule has 1 aliphatic heterocycles. The number of ketones is 1. The number of rotatable bonds is 12. The van der Waals surface area contributed by atoms with Crippen LogP contribution in [0.15, 0.2) is 35.6 Å². The van der Waals surface area contributed by atoms with Crippen molar-refractivity contribution in [1.82, 2.24) is 10.3 Å². The van der Waals surface area contributed by atoms with E-state index < -0.39 is 12.1 Å². The summed E-state index contributed by atoms with van der Waals surface area (Å²) in [5.41, 5.74) is 2.97. The van der Waals surface area contributed by atoms with Crippen LogP contribution >= 0.6 is 0 Å². The molecular formula is C26H33F3N4O5. The number of aromatic nitrogens is 1. The number of aryl methyl sites for hydroxylation is 1. The number of nitrogens with two attached hydrogens (primary N) is 1. The molecule has 0 radical (unpaired) electrons. The van der Waals surface area contributed by atoms with Crippen LogP contribution < -0.4 is 20.5 Å². The Labute approximate surface area is 218 Å². The molecule has 1 unspecified atom stereocenters. The first-order valence-corrected chi connectivity index (χ1v) is 12.3. The summed E-state index contributed by atoms with van der Waals surface area (Å²) in [4.78, 5) is 41.0. The van der Waals surface area contributed by atoms with E-state index in [1.807, 2.05) is 43.6 Å². The monoisotopic (exact) mass is 538 g/mol. The number of fused-ring (bicyclic) bond motifs is 1. The SMILES string of the molecule is CCC(=O)CCCCCC(NC(=O)Cc1c(C)[nH]c2ccc(OC)cc12)C1=NC=C[NH2+]1.O=C([O-])C(F)(F)F. The number of benzene rings is 1. The van der Waals surface area contributed by atoms with Crippen molar-refractivity contribution in [1.29, 1.82) is 0 Å². The number of hydrogen-bond donors (Lipinski definition) is 3. The zero-order valence-electron chi connectivity index (χ0n) is 21.6. The summed E-state index contributed by atoms with van der Waals surface area (Å²) in [5.74, 6) is -1.06. The van der Waals surface area contributed by atoms with Crippen molar-refractivity contribution in [2.24, 2.45) is 4.99 Å². The van der Waals surface area contributed by atoms with Crippen LogP contribution in [0, 0.1) is 6.92 Å². The summed E-state index contributed by atoms with van der Waals surface area (Å²) in [6, 6.07) is 5.73. The number of aliphatic carboxylic acids is 1. The van der Waals surface area contributed by atoms with E-state index >= 15 is 0 Å². The molecule has 3 rings (SSSR count). The maximum Gasteiger partial charge on any atom is 0.430 e. The average molecular weight is 539 g/mol. The Morgan fingerprint density at radius 3 is 2.50 bits per heavy atom. The van der Waals surface area contributed by atoms with Gasteiger partial charge in [0.1, 0.15) is 29.7 Å². The number of amidine groups is 1. The van der Waals surface area contributed by atoms with Crippen molar-refractivity contribution in [3.05, 3.63) is 41.9 Å². The maximum absolute atomic E-state index is 13.0. The Hall–Kier alpha value is -3.67. The number of carbonyl (C=O) groups is 3. The molecule has 9 nitrogen and oxygen atoms in total. The number of carboxylic acid groups (broad SMARTS) is 1. The smallest absolute Gasteiger partial charge is 0.430 e. The zero-order chi connectivity index (χ0) is 28.3. The molecule has 2 aromatic rings. The summed E-state index contributed by atoms with van der Waals surface area (Å²) in [6.45, 7) is 3.89. The fourth-order valence-electron chi connectivity index (χ4n) is 3.96. The molecular weight excluding hydrogens is 505 g/mol. The minimum atomic E-state index is -5.19. The molecule has 1 aromatic heterocycles. The number of Topliss-reactive ketones (excluding diaryl/α,β-unsaturated/α-hetero) is 1. The number of amides is 1. The Morgan fingerprint density at radius 2 is 1.92 bits per heavy atom. The lowest BCUT2D eigenvalue weighted by molar-refractivity contribution is -0.461. The van der Waals surface area contributed by atoms with Crippen molar-refractivity contribution in [2.45, 2.75) is 71.0 Å². The van der Waals surface area contributed by atoms with Crippen molar-refractivity contribution < 1.29 is 42.7 Å². The van der Waals surface area contributed by atoms with Crippen molar-refractivity contribution >= 4 is 34.4 Å². The number of carboxylic acids is 1. The molecule has 0 saturated carbocycles. The van der Waals surface area contributed by atoms with Gasteiger partial charge >= 0.3 is 6.18 Å². The lowest BCUT2D eigenvalue weighted by atomic mass is 10.0. The number of nitrogens with zero attached hydrogens (tertiary/aromatic N) is 1. The Morgan fingerprint density at radius 1 is 1.21 bits per heavy atom. The number of H-pyrrole nitrogens is 1. The predicted molar refractivity (Wildman–Crippen MR) is 133 cm³/mol. The molecule has 0 fully saturated rings. The summed E-state index contributed by atoms with van der Waals surface area (Å²) >= 11 is 0. The molecule has 38 heavy (non-hydrogen) atoms. The third kappa shape index (κ3) is 9.33. The summed E-state index contributed by atoms with van der Waals surface area (Å²) in [7, 11) is 1.64. The molecule has 0 spiro atoms. The first kappa shape index (κ1) is 30.6. The van der Waals surface area contributed by atoms with Crippen LogP contribution in [0.4, 0.5) is 13.2 Å². The first-order valence-electron chi connectivity index (χ1n) is 12.3. The molecule has 1 atom stereocenters. The fourth-order valence-corrected chi connectivity index (χ4v) is 3.96. The molecule has 208 valence electrons. The third-order valence-corrected chi connectivity index (χ3v) is 6.01. The highest BCUT2D eigenvalue weighted by atomic mass is 19.4. The first-order chi connectivity index (χ1) is 18.0. The number of aromatic amines is 1. The molecule has 0 aliphatic carbocycles. The van der Waals surface area contributed by atoms with Crippen molar-refractivity contribution in [2.75, 3.05) is 7.11 Å². The molecule has 1 aromatic carbocycles. The van der Waals surface area contributed by atoms with Gasteiger partial charge < -0.3 is 24.9 Å². The number of nitrogens with one attached hydrogen (secondary N) is 2. The quantitative estimate of drug-likeness (QED) is 0.356. The molecule has 1 amide bonds. The highest BCUT2D eigenvalue weighted by molar-refractivity contribution is 5.93. The van der Waals surface area contributed by atoms with Crippen LogP contribution in [-0.4, -0.2) is 47.8 Å². The van der Waals surface area contributed by atoms with Crippen LogP contribution in [0.5, 0.6) is 5.75 Å². The van der Waals surface area contributed by atoms with Gasteiger partial charge in [0.25, 0.3) is 0 Å². The van der Waals surface area contributed by atoms with E-state index in [2.05, 4.69) is 15.3 Å². The van der Waals surface area contributed by atoms with E-state index in [0.29, 0.717) is 25.0 Å². The second-order valence-corrected chi connectivity index (χ2v) is 8.78. The van der Waals surface area contributed by atoms with Gasteiger partial charge in [0.15, 0.2) is 0 Å². The molecule has 2 heterocycles. The number of hydrogen-bond acceptors (Lipinski definition) is 6. The molecule has 0 bridgehead atoms. The molecule has 1 aliphatic rings. The van der Waals surface area contributed by atoms with Gasteiger partial charge in [0.2, 0.25) is 11.7 Å². The van der Waals surface area contributed by atoms with E-state index in [1.54, 1.807) is 13.3 Å². The number of alkyl halides is 3. The number of halogens is 3. The number of aliphatic imine (C=N–C) groups is 1. The number of carbonyl (C=O) groups excluding carboxylic acids is 3. The van der Waals surface area contributed by atoms with E-state index in [0.717, 1.165) is 59.4 Å². The number of unbranched alkanes of at least 4 members (excludes halogenated alkanes) is 2. The Kier molecular flexibility index (Phi) is 11.5. The summed E-state index contributed by atoms with van der Waals surface area (Å²) in [6.07, 6.45) is 3.62. The van der Waals surface area contributed by atoms with Gasteiger partial charge in [-0.1, -0.05) is 19.8 Å². The highest BCUT2D eigenvalue weighted by Crippen LogP contribution is 2.26. The second kappa shape index (κ2) is 14.3. The number of methoxy groups -OCH3 is 1. The minimum Gasteiger partial charge on any atom is -0.542 e. The largest absolute Gasteiger partial charge is 0.542 e. The lowest BCUT2D eigenvalue weighted by Crippen LogP contribution is -2.84. The van der Waals surface area contributed by atoms with Gasteiger partial charge in [-0.15, -0.1) is 0 Å². The maximum atomic E-state index is 13.0. The van der Waals surface area contributed by atoms with E-state index in [9.17, 15) is 22.8 Å². The zero-order valence-corrected chi connectivity index (χ0v) is 21.6. The Bertz CT molecular complexity index is 1190. The minimum absolute atomic E-state index is 0.0269. The van der Waals surface area contributed by atoms with Crippen molar-refractivity contribution in [3.8, 4) is 5.75 Å². The van der Waals surface area contributed by atoms with Crippen molar-refractivity contribution in [3.63, 3.8) is 0 Å². The molecule has 12 heteroatoms. The number of ether oxygens (including phenoxy) is 1. The lowest BCUT2D eigenvalue weighted by Gasteiger charge is -2.16. The van der Waals surface area contributed by atoms with E-state index in [4.69, 9.17) is 14.6 Å². The van der Waals surface area contributed by atoms with Crippen LogP contribution in [-0.2, 0) is 20.8 Å². The standard InChI is InChI=1S/C24H32N4O3.C2HF3O2/c1-4-17(29)8-6-5-7-9-22(24-25-12-13-26-24)28-23(30)15-19-16(2)27-21-11-10-18(31-3)14-20(19)21;3-2(4,5)1(6)7/h10-14,22,27H,4-9,15H2,1-3H3,(H,25,26)(H,28,30);(H,6,7). The van der Waals surface area contributed by atoms with Gasteiger partial charge in [-0.05, 0) is 43.5 Å². The van der Waals surface area contributed by atoms with Gasteiger partial charge in [-0.25, -0.2) is 4.99 Å². The normalized spacial score (nSPS) is 13.5. The van der Waals surface area contributed by atoms with Crippen LogP contribution in [0.25, 0.3) is 10.9 Å². The topological polar surface area (TPSA) is 140 Å². The van der Waals surface area contributed by atoms with Crippen LogP contribution in [0.1, 0.15) is 56.7 Å². The van der Waals surface area contributed by atoms with Gasteiger partial charge in [-0.2, -0.15) is 13.2 Å². The second-order valence-electron chi connectivity index (χ2n) is 8.78. The van der Waals surface area contributed by atoms with E-state index in [-0.39, 0.29) is 11.9 Å². The summed E-state index contributed by atoms with van der Waals surface area (Å²) in [5, 5.41) is 14.9. The van der Waals surface area contributed by atoms with Gasteiger partial charge in [-0.3, -0.25) is 14.9 Å². The molecule has 4 N–H and O–H groups in total. The van der Waals surface area contributed by atoms with Crippen LogP contribution in [0.3, 0.4) is 0 Å². The van der Waals surface area contributed by atoms with Gasteiger partial charge in [0, 0.05) is 29.4 Å². The fraction of sp³-hybridized carbons (Fsp3) is 0.462. The average Bonchev–Trinajstić information content (AvgIpc) is 3.51. The van der Waals surface area contributed by atoms with Gasteiger partial charge in [0.05, 0.1) is 19.7 Å². The highest BCUT2D eigenvalue weighted by Gasteiger charge is 2.29. The number of quaternary nitrogens is 1. The third-order valence-electron chi connectivity index (χ3n) is 6.01.